The van der Waals surface area contributed by atoms with E-state index in [-0.39, 0.29) is 22.4 Å². The normalized spacial score (nSPS) is 14.7. The first-order chi connectivity index (χ1) is 16.3. The Balaban J connectivity index is 1.77. The van der Waals surface area contributed by atoms with Gasteiger partial charge in [-0.05, 0) is 42.7 Å². The lowest BCUT2D eigenvalue weighted by atomic mass is 9.97. The van der Waals surface area contributed by atoms with E-state index in [1.165, 1.54) is 25.3 Å². The van der Waals surface area contributed by atoms with E-state index in [1.807, 2.05) is 0 Å². The van der Waals surface area contributed by atoms with Crippen molar-refractivity contribution in [2.24, 2.45) is 5.73 Å². The molecule has 5 N–H and O–H groups in total. The number of hydrogen-bond donors (Lipinski definition) is 3. The van der Waals surface area contributed by atoms with Crippen molar-refractivity contribution in [3.05, 3.63) is 53.2 Å². The maximum absolute atomic E-state index is 14.6. The highest BCUT2D eigenvalue weighted by Crippen LogP contribution is 2.43. The highest BCUT2D eigenvalue weighted by atomic mass is 35.5. The molecule has 176 valence electrons. The van der Waals surface area contributed by atoms with Gasteiger partial charge in [-0.25, -0.2) is 18.7 Å². The molecule has 0 amide bonds. The van der Waals surface area contributed by atoms with Crippen molar-refractivity contribution < 1.29 is 13.5 Å². The second-order valence-corrected chi connectivity index (χ2v) is 8.79. The van der Waals surface area contributed by atoms with Crippen molar-refractivity contribution in [3.63, 3.8) is 0 Å². The molecule has 0 spiro atoms. The summed E-state index contributed by atoms with van der Waals surface area (Å²) in [6, 6.07) is 7.35. The van der Waals surface area contributed by atoms with Crippen LogP contribution in [0.1, 0.15) is 12.8 Å². The van der Waals surface area contributed by atoms with Gasteiger partial charge in [0.25, 0.3) is 0 Å². The first kappa shape index (κ1) is 22.4. The molecule has 0 radical (unpaired) electrons. The summed E-state index contributed by atoms with van der Waals surface area (Å²) in [5.74, 6) is -0.0629. The van der Waals surface area contributed by atoms with Crippen LogP contribution in [0, 0.1) is 11.6 Å². The highest BCUT2D eigenvalue weighted by molar-refractivity contribution is 6.31. The van der Waals surface area contributed by atoms with Crippen LogP contribution in [0.25, 0.3) is 33.5 Å². The third-order valence-corrected chi connectivity index (χ3v) is 6.31. The first-order valence-electron chi connectivity index (χ1n) is 10.8. The second-order valence-electron chi connectivity index (χ2n) is 8.35. The molecule has 3 heterocycles. The number of aromatic nitrogens is 3. The fourth-order valence-electron chi connectivity index (χ4n) is 4.41. The number of methoxy groups -OCH3 is 1. The molecule has 0 aliphatic carbocycles. The van der Waals surface area contributed by atoms with Crippen LogP contribution >= 0.6 is 11.6 Å². The number of pyridine rings is 1. The van der Waals surface area contributed by atoms with Gasteiger partial charge >= 0.3 is 0 Å². The van der Waals surface area contributed by atoms with Crippen LogP contribution in [0.3, 0.4) is 0 Å². The van der Waals surface area contributed by atoms with Crippen molar-refractivity contribution in [2.45, 2.75) is 18.9 Å². The summed E-state index contributed by atoms with van der Waals surface area (Å²) in [6.45, 7) is 1.33. The Morgan fingerprint density at radius 2 is 1.91 bits per heavy atom. The van der Waals surface area contributed by atoms with Crippen LogP contribution in [0.4, 0.5) is 20.3 Å². The number of nitrogen functional groups attached to an aromatic ring is 1. The number of imidazole rings is 1. The lowest BCUT2D eigenvalue weighted by molar-refractivity contribution is 0.411. The quantitative estimate of drug-likeness (QED) is 0.386. The van der Waals surface area contributed by atoms with Gasteiger partial charge < -0.3 is 26.1 Å². The molecule has 1 aliphatic rings. The Kier molecular flexibility index (Phi) is 5.75. The molecule has 34 heavy (non-hydrogen) atoms. The molecule has 0 saturated carbocycles. The molecule has 5 rings (SSSR count). The van der Waals surface area contributed by atoms with Crippen molar-refractivity contribution in [1.82, 2.24) is 15.0 Å². The van der Waals surface area contributed by atoms with Gasteiger partial charge in [-0.2, -0.15) is 0 Å². The van der Waals surface area contributed by atoms with E-state index in [0.29, 0.717) is 46.9 Å². The highest BCUT2D eigenvalue weighted by Gasteiger charge is 2.27. The monoisotopic (exact) mass is 484 g/mol. The lowest BCUT2D eigenvalue weighted by Gasteiger charge is -2.34. The summed E-state index contributed by atoms with van der Waals surface area (Å²) in [5, 5.41) is 0.247. The number of anilines is 2. The van der Waals surface area contributed by atoms with Crippen LogP contribution in [-0.2, 0) is 0 Å². The van der Waals surface area contributed by atoms with Crippen molar-refractivity contribution in [3.8, 4) is 28.3 Å². The molecule has 0 atom stereocenters. The van der Waals surface area contributed by atoms with E-state index in [0.717, 1.165) is 18.5 Å². The summed E-state index contributed by atoms with van der Waals surface area (Å²) < 4.78 is 34.2. The fraction of sp³-hybridized carbons (Fsp3) is 0.250. The van der Waals surface area contributed by atoms with Crippen molar-refractivity contribution >= 4 is 34.1 Å². The molecular weight excluding hydrogens is 462 g/mol. The Hall–Kier alpha value is -3.43. The summed E-state index contributed by atoms with van der Waals surface area (Å²) in [7, 11) is 1.48. The van der Waals surface area contributed by atoms with Gasteiger partial charge in [0, 0.05) is 42.0 Å². The number of nitrogens with two attached hydrogens (primary N) is 2. The Bertz CT molecular complexity index is 1380. The zero-order valence-electron chi connectivity index (χ0n) is 18.4. The second kappa shape index (κ2) is 8.73. The zero-order chi connectivity index (χ0) is 24.0. The van der Waals surface area contributed by atoms with Crippen molar-refractivity contribution in [1.29, 1.82) is 0 Å². The van der Waals surface area contributed by atoms with Crippen LogP contribution < -0.4 is 21.1 Å². The molecule has 0 bridgehead atoms. The average Bonchev–Trinajstić information content (AvgIpc) is 3.23. The predicted octanol–water partition coefficient (Wildman–Crippen LogP) is 4.74. The number of aromatic amines is 1. The Morgan fingerprint density at radius 1 is 1.15 bits per heavy atom. The summed E-state index contributed by atoms with van der Waals surface area (Å²) in [6.07, 6.45) is 3.16. The maximum atomic E-state index is 14.6. The number of fused-ring (bicyclic) bond motifs is 1. The summed E-state index contributed by atoms with van der Waals surface area (Å²) in [4.78, 5) is 14.1. The largest absolute Gasteiger partial charge is 0.497 e. The smallest absolute Gasteiger partial charge is 0.152 e. The first-order valence-corrected chi connectivity index (χ1v) is 11.2. The minimum Gasteiger partial charge on any atom is -0.497 e. The van der Waals surface area contributed by atoms with Gasteiger partial charge in [-0.3, -0.25) is 0 Å². The Morgan fingerprint density at radius 3 is 2.65 bits per heavy atom. The standard InChI is InChI=1S/C24H23ClF2N6O/c1-34-16-7-12(6-14(26)10-16)17-11-30-23(29)20(22(17)33-4-2-15(28)3-5-33)24-31-19-9-13(25)8-18(27)21(19)32-24/h6-11,15H,2-5,28H2,1H3,(H2,29,30)(H,31,32). The maximum Gasteiger partial charge on any atom is 0.152 e. The topological polar surface area (TPSA) is 106 Å². The third-order valence-electron chi connectivity index (χ3n) is 6.10. The molecule has 10 heteroatoms. The van der Waals surface area contributed by atoms with Crippen LogP contribution in [0.15, 0.2) is 36.5 Å². The number of hydrogen-bond acceptors (Lipinski definition) is 6. The van der Waals surface area contributed by atoms with Crippen LogP contribution in [0.5, 0.6) is 5.75 Å². The molecule has 4 aromatic rings. The number of nitrogens with one attached hydrogen (secondary N) is 1. The van der Waals surface area contributed by atoms with Crippen LogP contribution in [-0.4, -0.2) is 41.2 Å². The van der Waals surface area contributed by atoms with E-state index in [9.17, 15) is 8.78 Å². The van der Waals surface area contributed by atoms with Gasteiger partial charge in [0.05, 0.1) is 23.9 Å². The lowest BCUT2D eigenvalue weighted by Crippen LogP contribution is -2.40. The number of piperidine rings is 1. The zero-order valence-corrected chi connectivity index (χ0v) is 19.2. The van der Waals surface area contributed by atoms with E-state index < -0.39 is 11.6 Å². The minimum atomic E-state index is -0.548. The number of H-pyrrole nitrogens is 1. The fourth-order valence-corrected chi connectivity index (χ4v) is 4.61. The number of rotatable bonds is 4. The van der Waals surface area contributed by atoms with Gasteiger partial charge in [0.1, 0.15) is 28.7 Å². The molecule has 1 saturated heterocycles. The van der Waals surface area contributed by atoms with Gasteiger partial charge in [-0.1, -0.05) is 11.6 Å². The molecule has 0 unspecified atom stereocenters. The summed E-state index contributed by atoms with van der Waals surface area (Å²) >= 11 is 6.03. The molecule has 2 aromatic heterocycles. The van der Waals surface area contributed by atoms with E-state index in [4.69, 9.17) is 27.8 Å². The molecule has 1 fully saturated rings. The molecule has 7 nitrogen and oxygen atoms in total. The third kappa shape index (κ3) is 4.01. The van der Waals surface area contributed by atoms with E-state index in [2.05, 4.69) is 19.9 Å². The van der Waals surface area contributed by atoms with Gasteiger partial charge in [-0.15, -0.1) is 0 Å². The minimum absolute atomic E-state index is 0.0963. The number of nitrogens with zero attached hydrogens (tertiary/aromatic N) is 3. The molecular formula is C24H23ClF2N6O. The van der Waals surface area contributed by atoms with E-state index >= 15 is 0 Å². The number of benzene rings is 2. The molecule has 1 aliphatic heterocycles. The van der Waals surface area contributed by atoms with Gasteiger partial charge in [0.15, 0.2) is 5.82 Å². The number of ether oxygens (including phenoxy) is 1. The van der Waals surface area contributed by atoms with Gasteiger partial charge in [0.2, 0.25) is 0 Å². The predicted molar refractivity (Wildman–Crippen MR) is 130 cm³/mol. The summed E-state index contributed by atoms with van der Waals surface area (Å²) in [5.41, 5.74) is 15.5. The SMILES string of the molecule is COc1cc(F)cc(-c2cnc(N)c(-c3nc4c(F)cc(Cl)cc4[nH]3)c2N2CCC(N)CC2)c1. The van der Waals surface area contributed by atoms with Crippen LogP contribution in [0.2, 0.25) is 5.02 Å². The number of halogens is 3. The average molecular weight is 485 g/mol. The van der Waals surface area contributed by atoms with E-state index in [1.54, 1.807) is 18.3 Å². The van der Waals surface area contributed by atoms with Crippen molar-refractivity contribution in [2.75, 3.05) is 30.8 Å². The Labute approximate surface area is 199 Å². The molecule has 2 aromatic carbocycles.